The van der Waals surface area contributed by atoms with Gasteiger partial charge in [0.1, 0.15) is 0 Å². The fraction of sp³-hybridized carbons (Fsp3) is 0.500. The van der Waals surface area contributed by atoms with Crippen LogP contribution in [-0.4, -0.2) is 31.6 Å². The predicted molar refractivity (Wildman–Crippen MR) is 86.7 cm³/mol. The molecule has 0 fully saturated rings. The highest BCUT2D eigenvalue weighted by molar-refractivity contribution is 7.90. The van der Waals surface area contributed by atoms with Gasteiger partial charge in [0.25, 0.3) is 0 Å². The van der Waals surface area contributed by atoms with E-state index in [0.29, 0.717) is 0 Å². The van der Waals surface area contributed by atoms with Gasteiger partial charge < -0.3 is 5.11 Å². The van der Waals surface area contributed by atoms with Gasteiger partial charge in [-0.15, -0.1) is 12.3 Å². The number of halogens is 4. The first-order valence-electron chi connectivity index (χ1n) is 6.87. The molecule has 24 heavy (non-hydrogen) atoms. The number of aliphatic hydroxyl groups is 1. The van der Waals surface area contributed by atoms with E-state index in [0.717, 1.165) is 6.26 Å². The van der Waals surface area contributed by atoms with Crippen LogP contribution in [0.4, 0.5) is 13.2 Å². The van der Waals surface area contributed by atoms with Crippen molar-refractivity contribution in [3.05, 3.63) is 28.8 Å². The van der Waals surface area contributed by atoms with Crippen LogP contribution in [0.1, 0.15) is 32.3 Å². The van der Waals surface area contributed by atoms with Gasteiger partial charge in [-0.05, 0) is 35.6 Å². The molecule has 0 aliphatic rings. The third kappa shape index (κ3) is 4.44. The number of hydrogen-bond acceptors (Lipinski definition) is 3. The Balaban J connectivity index is 3.51. The summed E-state index contributed by atoms with van der Waals surface area (Å²) in [7, 11) is -3.70. The number of alkyl halides is 3. The molecule has 0 amide bonds. The zero-order chi connectivity index (χ0) is 19.0. The van der Waals surface area contributed by atoms with Gasteiger partial charge in [0.2, 0.25) is 0 Å². The molecule has 1 rings (SSSR count). The quantitative estimate of drug-likeness (QED) is 0.789. The third-order valence-electron chi connectivity index (χ3n) is 3.73. The van der Waals surface area contributed by atoms with Crippen LogP contribution in [0.5, 0.6) is 0 Å². The standard InChI is InChI=1S/C16H18ClF3O3S/c1-5-8-15(21,16(18,19)20)10-14(2,3)12-9-11(17)6-7-13(12)24(4,22)23/h1,6-7,9,21H,8,10H2,2-4H3. The molecule has 1 unspecified atom stereocenters. The Hall–Kier alpha value is -1.23. The van der Waals surface area contributed by atoms with Crippen molar-refractivity contribution in [1.29, 1.82) is 0 Å². The lowest BCUT2D eigenvalue weighted by atomic mass is 9.74. The second-order valence-electron chi connectivity index (χ2n) is 6.38. The van der Waals surface area contributed by atoms with E-state index in [1.54, 1.807) is 0 Å². The molecule has 3 nitrogen and oxygen atoms in total. The Morgan fingerprint density at radius 3 is 2.25 bits per heavy atom. The zero-order valence-electron chi connectivity index (χ0n) is 13.4. The average Bonchev–Trinajstić information content (AvgIpc) is 2.35. The van der Waals surface area contributed by atoms with Gasteiger partial charge in [-0.1, -0.05) is 25.4 Å². The number of hydrogen-bond donors (Lipinski definition) is 1. The SMILES string of the molecule is C#CCC(O)(CC(C)(C)c1cc(Cl)ccc1S(C)(=O)=O)C(F)(F)F. The first-order valence-corrected chi connectivity index (χ1v) is 9.14. The van der Waals surface area contributed by atoms with Crippen LogP contribution in [-0.2, 0) is 15.3 Å². The molecule has 1 aromatic carbocycles. The van der Waals surface area contributed by atoms with Crippen molar-refractivity contribution in [2.75, 3.05) is 6.26 Å². The molecule has 1 N–H and O–H groups in total. The predicted octanol–water partition coefficient (Wildman–Crippen LogP) is 3.73. The first kappa shape index (κ1) is 20.8. The summed E-state index contributed by atoms with van der Waals surface area (Å²) in [6, 6.07) is 3.88. The normalized spacial score (nSPS) is 15.6. The van der Waals surface area contributed by atoms with E-state index in [-0.39, 0.29) is 15.5 Å². The monoisotopic (exact) mass is 382 g/mol. The summed E-state index contributed by atoms with van der Waals surface area (Å²) in [6.07, 6.45) is -0.786. The minimum atomic E-state index is -4.96. The molecule has 0 aliphatic carbocycles. The Labute approximate surface area is 144 Å². The molecule has 0 heterocycles. The fourth-order valence-corrected chi connectivity index (χ4v) is 3.83. The molecule has 1 aromatic rings. The summed E-state index contributed by atoms with van der Waals surface area (Å²) in [4.78, 5) is -0.137. The zero-order valence-corrected chi connectivity index (χ0v) is 15.0. The van der Waals surface area contributed by atoms with Crippen LogP contribution in [0.3, 0.4) is 0 Å². The van der Waals surface area contributed by atoms with Crippen LogP contribution in [0.15, 0.2) is 23.1 Å². The average molecular weight is 383 g/mol. The van der Waals surface area contributed by atoms with Crippen LogP contribution in [0.2, 0.25) is 5.02 Å². The second-order valence-corrected chi connectivity index (χ2v) is 8.80. The smallest absolute Gasteiger partial charge is 0.380 e. The highest BCUT2D eigenvalue weighted by Crippen LogP contribution is 2.44. The lowest BCUT2D eigenvalue weighted by Gasteiger charge is -2.37. The molecule has 134 valence electrons. The molecule has 1 atom stereocenters. The van der Waals surface area contributed by atoms with E-state index in [9.17, 15) is 26.7 Å². The van der Waals surface area contributed by atoms with Crippen LogP contribution in [0.25, 0.3) is 0 Å². The lowest BCUT2D eigenvalue weighted by Crippen LogP contribution is -2.49. The van der Waals surface area contributed by atoms with Crippen molar-refractivity contribution in [1.82, 2.24) is 0 Å². The maximum atomic E-state index is 13.3. The van der Waals surface area contributed by atoms with Crippen LogP contribution >= 0.6 is 11.6 Å². The van der Waals surface area contributed by atoms with Gasteiger partial charge >= 0.3 is 6.18 Å². The van der Waals surface area contributed by atoms with Crippen molar-refractivity contribution in [2.24, 2.45) is 0 Å². The van der Waals surface area contributed by atoms with Crippen molar-refractivity contribution in [3.63, 3.8) is 0 Å². The maximum absolute atomic E-state index is 13.3. The topological polar surface area (TPSA) is 54.4 Å². The largest absolute Gasteiger partial charge is 0.418 e. The Kier molecular flexibility index (Phi) is 5.71. The van der Waals surface area contributed by atoms with E-state index < -0.39 is 39.9 Å². The summed E-state index contributed by atoms with van der Waals surface area (Å²) in [5, 5.41) is 10.2. The molecule has 0 aliphatic heterocycles. The Bertz CT molecular complexity index is 764. The summed E-state index contributed by atoms with van der Waals surface area (Å²) in [6.45, 7) is 2.81. The van der Waals surface area contributed by atoms with Gasteiger partial charge in [-0.25, -0.2) is 8.42 Å². The number of sulfone groups is 1. The highest BCUT2D eigenvalue weighted by atomic mass is 35.5. The third-order valence-corrected chi connectivity index (χ3v) is 5.12. The molecular weight excluding hydrogens is 365 g/mol. The molecule has 0 bridgehead atoms. The van der Waals surface area contributed by atoms with Crippen molar-refractivity contribution >= 4 is 21.4 Å². The lowest BCUT2D eigenvalue weighted by molar-refractivity contribution is -0.264. The minimum absolute atomic E-state index is 0.0946. The molecule has 0 spiro atoms. The van der Waals surface area contributed by atoms with E-state index >= 15 is 0 Å². The number of benzene rings is 1. The Morgan fingerprint density at radius 2 is 1.83 bits per heavy atom. The fourth-order valence-electron chi connectivity index (χ4n) is 2.61. The minimum Gasteiger partial charge on any atom is -0.380 e. The van der Waals surface area contributed by atoms with Crippen LogP contribution < -0.4 is 0 Å². The van der Waals surface area contributed by atoms with E-state index in [2.05, 4.69) is 0 Å². The first-order chi connectivity index (χ1) is 10.6. The maximum Gasteiger partial charge on any atom is 0.418 e. The van der Waals surface area contributed by atoms with Crippen molar-refractivity contribution in [3.8, 4) is 12.3 Å². The van der Waals surface area contributed by atoms with Crippen molar-refractivity contribution in [2.45, 2.75) is 48.8 Å². The number of rotatable bonds is 5. The summed E-state index contributed by atoms with van der Waals surface area (Å²) < 4.78 is 63.7. The molecule has 0 saturated heterocycles. The summed E-state index contributed by atoms with van der Waals surface area (Å²) >= 11 is 5.88. The van der Waals surface area contributed by atoms with Gasteiger partial charge in [0, 0.05) is 17.7 Å². The Morgan fingerprint density at radius 1 is 1.29 bits per heavy atom. The van der Waals surface area contributed by atoms with Gasteiger partial charge in [0.05, 0.1) is 4.90 Å². The van der Waals surface area contributed by atoms with Gasteiger partial charge in [0.15, 0.2) is 15.4 Å². The number of terminal acetylenes is 1. The molecule has 0 radical (unpaired) electrons. The summed E-state index contributed by atoms with van der Waals surface area (Å²) in [5.41, 5.74) is -4.40. The van der Waals surface area contributed by atoms with Gasteiger partial charge in [-0.2, -0.15) is 13.2 Å². The van der Waals surface area contributed by atoms with E-state index in [1.807, 2.05) is 5.92 Å². The molecular formula is C16H18ClF3O3S. The second kappa shape index (κ2) is 6.58. The molecule has 0 aromatic heterocycles. The van der Waals surface area contributed by atoms with Crippen molar-refractivity contribution < 1.29 is 26.7 Å². The summed E-state index contributed by atoms with van der Waals surface area (Å²) in [5.74, 6) is 1.83. The van der Waals surface area contributed by atoms with Gasteiger partial charge in [-0.3, -0.25) is 0 Å². The molecule has 8 heteroatoms. The highest BCUT2D eigenvalue weighted by Gasteiger charge is 2.55. The van der Waals surface area contributed by atoms with Crippen LogP contribution in [0, 0.1) is 12.3 Å². The van der Waals surface area contributed by atoms with E-state index in [4.69, 9.17) is 18.0 Å². The van der Waals surface area contributed by atoms with E-state index in [1.165, 1.54) is 32.0 Å². The molecule has 0 saturated carbocycles.